The maximum absolute atomic E-state index is 13.3. The molecule has 0 spiro atoms. The molecule has 174 valence electrons. The Kier molecular flexibility index (Phi) is 5.39. The molecule has 3 aromatic rings. The van der Waals surface area contributed by atoms with E-state index >= 15 is 0 Å². The van der Waals surface area contributed by atoms with Crippen molar-refractivity contribution in [1.82, 2.24) is 9.99 Å². The largest absolute Gasteiger partial charge is 0.494 e. The van der Waals surface area contributed by atoms with Crippen molar-refractivity contribution in [3.8, 4) is 17.2 Å². The van der Waals surface area contributed by atoms with Gasteiger partial charge in [-0.05, 0) is 75.2 Å². The van der Waals surface area contributed by atoms with Crippen LogP contribution in [-0.4, -0.2) is 40.5 Å². The molecule has 2 aromatic carbocycles. The molecule has 1 saturated heterocycles. The number of ether oxygens (including phenoxy) is 1. The molecule has 0 saturated carbocycles. The van der Waals surface area contributed by atoms with Crippen LogP contribution in [0.4, 0.5) is 5.69 Å². The molecule has 2 aliphatic rings. The molecule has 9 heteroatoms. The van der Waals surface area contributed by atoms with Crippen molar-refractivity contribution >= 4 is 17.5 Å². The SMILES string of the molecule is CCOc1ccc(-c2nc(CN3N=N[C@@H]4C(=O)N(c5cc(C)cc(C)c5)C(=O)[C@@H]43)c(C)o2)cc1. The van der Waals surface area contributed by atoms with E-state index in [1.807, 2.05) is 70.2 Å². The lowest BCUT2D eigenvalue weighted by Crippen LogP contribution is -2.39. The number of imide groups is 1. The van der Waals surface area contributed by atoms with Crippen LogP contribution in [0.5, 0.6) is 5.75 Å². The second-order valence-corrected chi connectivity index (χ2v) is 8.53. The van der Waals surface area contributed by atoms with Crippen molar-refractivity contribution in [3.05, 3.63) is 65.0 Å². The van der Waals surface area contributed by atoms with E-state index in [1.54, 1.807) is 0 Å². The summed E-state index contributed by atoms with van der Waals surface area (Å²) in [5, 5.41) is 9.77. The van der Waals surface area contributed by atoms with Gasteiger partial charge in [-0.15, -0.1) is 0 Å². The molecule has 0 bridgehead atoms. The quantitative estimate of drug-likeness (QED) is 0.513. The monoisotopic (exact) mass is 459 g/mol. The Morgan fingerprint density at radius 1 is 1.00 bits per heavy atom. The van der Waals surface area contributed by atoms with E-state index < -0.39 is 12.1 Å². The van der Waals surface area contributed by atoms with Gasteiger partial charge in [0.2, 0.25) is 5.89 Å². The maximum Gasteiger partial charge on any atom is 0.263 e. The first-order valence-electron chi connectivity index (χ1n) is 11.2. The topological polar surface area (TPSA) is 101 Å². The number of oxazole rings is 1. The summed E-state index contributed by atoms with van der Waals surface area (Å²) >= 11 is 0. The number of aromatic nitrogens is 1. The third-order valence-electron chi connectivity index (χ3n) is 5.94. The van der Waals surface area contributed by atoms with Gasteiger partial charge in [-0.2, -0.15) is 5.11 Å². The zero-order chi connectivity index (χ0) is 24.0. The van der Waals surface area contributed by atoms with Crippen molar-refractivity contribution in [2.75, 3.05) is 11.5 Å². The highest BCUT2D eigenvalue weighted by atomic mass is 16.5. The molecule has 0 radical (unpaired) electrons. The third kappa shape index (κ3) is 3.72. The van der Waals surface area contributed by atoms with Crippen LogP contribution >= 0.6 is 0 Å². The number of rotatable bonds is 6. The third-order valence-corrected chi connectivity index (χ3v) is 5.94. The zero-order valence-corrected chi connectivity index (χ0v) is 19.5. The van der Waals surface area contributed by atoms with Gasteiger partial charge in [0.05, 0.1) is 18.8 Å². The molecular formula is C25H25N5O4. The summed E-state index contributed by atoms with van der Waals surface area (Å²) in [6.45, 7) is 8.41. The molecule has 1 fully saturated rings. The number of nitrogens with zero attached hydrogens (tertiary/aromatic N) is 5. The Morgan fingerprint density at radius 3 is 2.38 bits per heavy atom. The van der Waals surface area contributed by atoms with Gasteiger partial charge >= 0.3 is 0 Å². The highest BCUT2D eigenvalue weighted by molar-refractivity contribution is 6.25. The minimum Gasteiger partial charge on any atom is -0.494 e. The second kappa shape index (κ2) is 8.40. The molecule has 2 atom stereocenters. The average molecular weight is 460 g/mol. The highest BCUT2D eigenvalue weighted by Crippen LogP contribution is 2.34. The van der Waals surface area contributed by atoms with Gasteiger partial charge in [-0.1, -0.05) is 11.3 Å². The summed E-state index contributed by atoms with van der Waals surface area (Å²) in [5.41, 5.74) is 3.96. The highest BCUT2D eigenvalue weighted by Gasteiger charge is 2.55. The number of carbonyl (C=O) groups is 2. The summed E-state index contributed by atoms with van der Waals surface area (Å²) in [4.78, 5) is 32.2. The van der Waals surface area contributed by atoms with E-state index in [4.69, 9.17) is 9.15 Å². The van der Waals surface area contributed by atoms with Crippen molar-refractivity contribution in [2.45, 2.75) is 46.3 Å². The number of amides is 2. The van der Waals surface area contributed by atoms with Gasteiger partial charge in [-0.3, -0.25) is 14.6 Å². The molecule has 34 heavy (non-hydrogen) atoms. The maximum atomic E-state index is 13.3. The Morgan fingerprint density at radius 2 is 1.71 bits per heavy atom. The lowest BCUT2D eigenvalue weighted by Gasteiger charge is -2.20. The molecule has 1 aromatic heterocycles. The predicted molar refractivity (Wildman–Crippen MR) is 124 cm³/mol. The summed E-state index contributed by atoms with van der Waals surface area (Å²) in [6, 6.07) is 11.5. The number of hydrogen-bond acceptors (Lipinski definition) is 8. The normalized spacial score (nSPS) is 19.3. The van der Waals surface area contributed by atoms with E-state index in [0.29, 0.717) is 29.6 Å². The Hall–Kier alpha value is -4.01. The fourth-order valence-corrected chi connectivity index (χ4v) is 4.40. The van der Waals surface area contributed by atoms with Crippen LogP contribution in [0.3, 0.4) is 0 Å². The molecule has 0 unspecified atom stereocenters. The Balaban J connectivity index is 1.37. The first-order chi connectivity index (χ1) is 16.4. The van der Waals surface area contributed by atoms with Gasteiger partial charge in [-0.25, -0.2) is 9.88 Å². The number of carbonyl (C=O) groups excluding carboxylic acids is 2. The van der Waals surface area contributed by atoms with Crippen molar-refractivity contribution in [2.24, 2.45) is 10.3 Å². The molecule has 2 aliphatic heterocycles. The van der Waals surface area contributed by atoms with Crippen LogP contribution in [0.1, 0.15) is 29.5 Å². The van der Waals surface area contributed by atoms with E-state index in [9.17, 15) is 9.59 Å². The van der Waals surface area contributed by atoms with Gasteiger partial charge in [0.15, 0.2) is 12.1 Å². The van der Waals surface area contributed by atoms with Gasteiger partial charge < -0.3 is 9.15 Å². The Labute approximate surface area is 197 Å². The minimum atomic E-state index is -0.855. The van der Waals surface area contributed by atoms with Crippen molar-refractivity contribution in [1.29, 1.82) is 0 Å². The smallest absolute Gasteiger partial charge is 0.263 e. The van der Waals surface area contributed by atoms with Crippen molar-refractivity contribution in [3.63, 3.8) is 0 Å². The summed E-state index contributed by atoms with van der Waals surface area (Å²) in [5.74, 6) is 1.16. The molecule has 9 nitrogen and oxygen atoms in total. The van der Waals surface area contributed by atoms with Crippen LogP contribution in [0.15, 0.2) is 57.2 Å². The van der Waals surface area contributed by atoms with Crippen LogP contribution in [0.25, 0.3) is 11.5 Å². The molecule has 5 rings (SSSR count). The summed E-state index contributed by atoms with van der Waals surface area (Å²) in [6.07, 6.45) is 0. The van der Waals surface area contributed by atoms with Gasteiger partial charge in [0.1, 0.15) is 17.2 Å². The fourth-order valence-electron chi connectivity index (χ4n) is 4.40. The van der Waals surface area contributed by atoms with Crippen LogP contribution in [0.2, 0.25) is 0 Å². The van der Waals surface area contributed by atoms with Gasteiger partial charge in [0.25, 0.3) is 11.8 Å². The van der Waals surface area contributed by atoms with Crippen LogP contribution in [0, 0.1) is 20.8 Å². The molecular weight excluding hydrogens is 434 g/mol. The Bertz CT molecular complexity index is 1280. The van der Waals surface area contributed by atoms with E-state index in [1.165, 1.54) is 9.91 Å². The summed E-state index contributed by atoms with van der Waals surface area (Å²) < 4.78 is 11.4. The average Bonchev–Trinajstić information content (AvgIpc) is 3.44. The van der Waals surface area contributed by atoms with Crippen molar-refractivity contribution < 1.29 is 18.7 Å². The standard InChI is InChI=1S/C25H25N5O4/c1-5-33-19-8-6-17(7-9-19)23-26-20(16(4)34-23)13-29-22-21(27-28-29)24(31)30(25(22)32)18-11-14(2)10-15(3)12-18/h6-12,21-22H,5,13H2,1-4H3/t21-,22+/m0/s1. The predicted octanol–water partition coefficient (Wildman–Crippen LogP) is 4.16. The number of aryl methyl sites for hydroxylation is 3. The molecule has 2 amide bonds. The number of fused-ring (bicyclic) bond motifs is 1. The van der Waals surface area contributed by atoms with E-state index in [-0.39, 0.29) is 18.4 Å². The fraction of sp³-hybridized carbons (Fsp3) is 0.320. The number of benzene rings is 2. The number of hydrogen-bond donors (Lipinski definition) is 0. The molecule has 0 aliphatic carbocycles. The lowest BCUT2D eigenvalue weighted by molar-refractivity contribution is -0.123. The molecule has 3 heterocycles. The first-order valence-corrected chi connectivity index (χ1v) is 11.2. The minimum absolute atomic E-state index is 0.205. The lowest BCUT2D eigenvalue weighted by atomic mass is 10.1. The molecule has 0 N–H and O–H groups in total. The van der Waals surface area contributed by atoms with Gasteiger partial charge in [0, 0.05) is 5.56 Å². The second-order valence-electron chi connectivity index (χ2n) is 8.53. The number of anilines is 1. The van der Waals surface area contributed by atoms with E-state index in [2.05, 4.69) is 15.3 Å². The van der Waals surface area contributed by atoms with E-state index in [0.717, 1.165) is 22.4 Å². The summed E-state index contributed by atoms with van der Waals surface area (Å²) in [7, 11) is 0. The first kappa shape index (κ1) is 21.8. The van der Waals surface area contributed by atoms with Crippen LogP contribution in [-0.2, 0) is 16.1 Å². The zero-order valence-electron chi connectivity index (χ0n) is 19.5. The van der Waals surface area contributed by atoms with Crippen LogP contribution < -0.4 is 9.64 Å².